The van der Waals surface area contributed by atoms with E-state index in [-0.39, 0.29) is 15.8 Å². The van der Waals surface area contributed by atoms with Gasteiger partial charge in [0.15, 0.2) is 5.75 Å². The zero-order chi connectivity index (χ0) is 15.6. The van der Waals surface area contributed by atoms with Crippen molar-refractivity contribution in [1.29, 1.82) is 5.26 Å². The van der Waals surface area contributed by atoms with Gasteiger partial charge in [-0.25, -0.2) is 0 Å². The summed E-state index contributed by atoms with van der Waals surface area (Å²) in [5, 5.41) is 19.9. The molecule has 2 aromatic rings. The fourth-order valence-corrected chi connectivity index (χ4v) is 2.73. The molecule has 0 saturated heterocycles. The average Bonchev–Trinajstić information content (AvgIpc) is 2.42. The minimum absolute atomic E-state index is 0.105. The maximum absolute atomic E-state index is 9.53. The highest BCUT2D eigenvalue weighted by atomic mass is 35.5. The van der Waals surface area contributed by atoms with Crippen molar-refractivity contribution in [3.05, 3.63) is 61.5 Å². The van der Waals surface area contributed by atoms with Crippen molar-refractivity contribution >= 4 is 58.1 Å². The highest BCUT2D eigenvalue weighted by Gasteiger charge is 2.09. The first kappa shape index (κ1) is 16.0. The van der Waals surface area contributed by atoms with Gasteiger partial charge < -0.3 is 5.11 Å². The molecule has 0 aliphatic heterocycles. The van der Waals surface area contributed by atoms with E-state index in [0.717, 1.165) is 0 Å². The minimum atomic E-state index is -0.196. The molecule has 0 unspecified atom stereocenters. The second kappa shape index (κ2) is 6.60. The number of hydrogen-bond acceptors (Lipinski definition) is 2. The first-order valence-electron chi connectivity index (χ1n) is 5.67. The zero-order valence-corrected chi connectivity index (χ0v) is 13.4. The van der Waals surface area contributed by atoms with Crippen LogP contribution in [0.3, 0.4) is 0 Å². The number of aromatic hydroxyl groups is 1. The molecule has 0 aliphatic rings. The van der Waals surface area contributed by atoms with Gasteiger partial charge in [0.05, 0.1) is 26.7 Å². The molecule has 0 heterocycles. The number of phenolic OH excluding ortho intramolecular Hbond substituents is 1. The van der Waals surface area contributed by atoms with E-state index in [0.29, 0.717) is 26.7 Å². The van der Waals surface area contributed by atoms with Gasteiger partial charge in [0, 0.05) is 10.6 Å². The fourth-order valence-electron chi connectivity index (χ4n) is 1.71. The molecule has 1 N–H and O–H groups in total. The van der Waals surface area contributed by atoms with E-state index >= 15 is 0 Å². The number of halogens is 4. The molecule has 0 spiro atoms. The standard InChI is InChI=1S/C15H7Cl4NO/c16-10-1-2-11(12(17)6-10)9(7-20)3-8-4-13(18)15(21)14(19)5-8/h1-6,21H/b9-3+. The summed E-state index contributed by atoms with van der Waals surface area (Å²) in [5.41, 5.74) is 1.45. The predicted molar refractivity (Wildman–Crippen MR) is 88.1 cm³/mol. The van der Waals surface area contributed by atoms with Crippen LogP contribution in [0.2, 0.25) is 20.1 Å². The lowest BCUT2D eigenvalue weighted by molar-refractivity contribution is 0.476. The summed E-state index contributed by atoms with van der Waals surface area (Å²) >= 11 is 23.6. The molecule has 6 heteroatoms. The summed E-state index contributed by atoms with van der Waals surface area (Å²) in [4.78, 5) is 0. The topological polar surface area (TPSA) is 44.0 Å². The van der Waals surface area contributed by atoms with E-state index in [2.05, 4.69) is 6.07 Å². The van der Waals surface area contributed by atoms with Crippen LogP contribution in [0, 0.1) is 11.3 Å². The molecule has 0 aromatic heterocycles. The van der Waals surface area contributed by atoms with E-state index in [1.165, 1.54) is 12.1 Å². The largest absolute Gasteiger partial charge is 0.505 e. The fraction of sp³-hybridized carbons (Fsp3) is 0. The predicted octanol–water partition coefficient (Wildman–Crippen LogP) is 6.07. The summed E-state index contributed by atoms with van der Waals surface area (Å²) in [6.07, 6.45) is 1.58. The molecule has 0 fully saturated rings. The van der Waals surface area contributed by atoms with Crippen LogP contribution in [0.4, 0.5) is 0 Å². The molecule has 21 heavy (non-hydrogen) atoms. The Morgan fingerprint density at radius 1 is 1.00 bits per heavy atom. The van der Waals surface area contributed by atoms with Crippen molar-refractivity contribution in [3.63, 3.8) is 0 Å². The molecule has 0 radical (unpaired) electrons. The third kappa shape index (κ3) is 3.64. The van der Waals surface area contributed by atoms with E-state index in [1.54, 1.807) is 24.3 Å². The van der Waals surface area contributed by atoms with Gasteiger partial charge in [-0.15, -0.1) is 0 Å². The Morgan fingerprint density at radius 2 is 1.62 bits per heavy atom. The van der Waals surface area contributed by atoms with Gasteiger partial charge >= 0.3 is 0 Å². The minimum Gasteiger partial charge on any atom is -0.505 e. The zero-order valence-electron chi connectivity index (χ0n) is 10.4. The number of nitriles is 1. The van der Waals surface area contributed by atoms with Crippen LogP contribution in [-0.4, -0.2) is 5.11 Å². The van der Waals surface area contributed by atoms with Crippen molar-refractivity contribution in [3.8, 4) is 11.8 Å². The van der Waals surface area contributed by atoms with Gasteiger partial charge in [0.25, 0.3) is 0 Å². The lowest BCUT2D eigenvalue weighted by atomic mass is 10.0. The first-order chi connectivity index (χ1) is 9.92. The SMILES string of the molecule is N#C/C(=C\c1cc(Cl)c(O)c(Cl)c1)c1ccc(Cl)cc1Cl. The van der Waals surface area contributed by atoms with Crippen molar-refractivity contribution in [2.45, 2.75) is 0 Å². The van der Waals surface area contributed by atoms with Crippen molar-refractivity contribution < 1.29 is 5.11 Å². The van der Waals surface area contributed by atoms with E-state index in [9.17, 15) is 10.4 Å². The van der Waals surface area contributed by atoms with Crippen LogP contribution >= 0.6 is 46.4 Å². The van der Waals surface area contributed by atoms with Crippen LogP contribution in [-0.2, 0) is 0 Å². The molecule has 106 valence electrons. The Kier molecular flexibility index (Phi) is 5.03. The molecule has 0 atom stereocenters. The summed E-state index contributed by atoms with van der Waals surface area (Å²) in [5.74, 6) is -0.196. The Hall–Kier alpha value is -1.37. The number of nitrogens with zero attached hydrogens (tertiary/aromatic N) is 1. The van der Waals surface area contributed by atoms with Crippen LogP contribution in [0.15, 0.2) is 30.3 Å². The van der Waals surface area contributed by atoms with Crippen LogP contribution in [0.5, 0.6) is 5.75 Å². The molecule has 0 bridgehead atoms. The first-order valence-corrected chi connectivity index (χ1v) is 7.19. The summed E-state index contributed by atoms with van der Waals surface area (Å²) in [6.45, 7) is 0. The van der Waals surface area contributed by atoms with Crippen LogP contribution in [0.1, 0.15) is 11.1 Å². The van der Waals surface area contributed by atoms with E-state index in [4.69, 9.17) is 46.4 Å². The normalized spacial score (nSPS) is 11.3. The van der Waals surface area contributed by atoms with Gasteiger partial charge in [-0.3, -0.25) is 0 Å². The van der Waals surface area contributed by atoms with Gasteiger partial charge in [0.1, 0.15) is 0 Å². The lowest BCUT2D eigenvalue weighted by Crippen LogP contribution is -1.85. The molecule has 2 nitrogen and oxygen atoms in total. The highest BCUT2D eigenvalue weighted by Crippen LogP contribution is 2.34. The number of hydrogen-bond donors (Lipinski definition) is 1. The Labute approximate surface area is 141 Å². The molecular weight excluding hydrogens is 352 g/mol. The number of benzene rings is 2. The second-order valence-corrected chi connectivity index (χ2v) is 5.79. The number of allylic oxidation sites excluding steroid dienone is 1. The van der Waals surface area contributed by atoms with Crippen molar-refractivity contribution in [2.75, 3.05) is 0 Å². The molecule has 2 rings (SSSR count). The monoisotopic (exact) mass is 357 g/mol. The summed E-state index contributed by atoms with van der Waals surface area (Å²) < 4.78 is 0. The maximum Gasteiger partial charge on any atom is 0.152 e. The smallest absolute Gasteiger partial charge is 0.152 e. The van der Waals surface area contributed by atoms with Gasteiger partial charge in [-0.1, -0.05) is 52.5 Å². The molecular formula is C15H7Cl4NO. The Bertz CT molecular complexity index is 755. The van der Waals surface area contributed by atoms with Crippen LogP contribution in [0.25, 0.3) is 11.6 Å². The third-order valence-corrected chi connectivity index (χ3v) is 3.82. The number of rotatable bonds is 2. The molecule has 0 aliphatic carbocycles. The van der Waals surface area contributed by atoms with Gasteiger partial charge in [-0.2, -0.15) is 5.26 Å². The average molecular weight is 359 g/mol. The van der Waals surface area contributed by atoms with Crippen molar-refractivity contribution in [2.24, 2.45) is 0 Å². The Balaban J connectivity index is 2.54. The molecule has 0 saturated carbocycles. The van der Waals surface area contributed by atoms with Crippen LogP contribution < -0.4 is 0 Å². The maximum atomic E-state index is 9.53. The third-order valence-electron chi connectivity index (χ3n) is 2.69. The molecule has 0 amide bonds. The van der Waals surface area contributed by atoms with Gasteiger partial charge in [-0.05, 0) is 35.9 Å². The quantitative estimate of drug-likeness (QED) is 0.523. The second-order valence-electron chi connectivity index (χ2n) is 4.13. The molecule has 2 aromatic carbocycles. The summed E-state index contributed by atoms with van der Waals surface area (Å²) in [7, 11) is 0. The van der Waals surface area contributed by atoms with E-state index < -0.39 is 0 Å². The number of phenols is 1. The Morgan fingerprint density at radius 3 is 2.14 bits per heavy atom. The highest BCUT2D eigenvalue weighted by molar-refractivity contribution is 6.37. The van der Waals surface area contributed by atoms with Crippen molar-refractivity contribution in [1.82, 2.24) is 0 Å². The van der Waals surface area contributed by atoms with Gasteiger partial charge in [0.2, 0.25) is 0 Å². The van der Waals surface area contributed by atoms with E-state index in [1.807, 2.05) is 0 Å². The summed E-state index contributed by atoms with van der Waals surface area (Å²) in [6, 6.07) is 9.93. The lowest BCUT2D eigenvalue weighted by Gasteiger charge is -2.05.